The van der Waals surface area contributed by atoms with E-state index in [4.69, 9.17) is 4.74 Å². The van der Waals surface area contributed by atoms with Gasteiger partial charge in [0.25, 0.3) is 10.2 Å². The van der Waals surface area contributed by atoms with E-state index in [0.29, 0.717) is 26.2 Å². The lowest BCUT2D eigenvalue weighted by Gasteiger charge is -2.34. The summed E-state index contributed by atoms with van der Waals surface area (Å²) in [5, 5.41) is 0. The van der Waals surface area contributed by atoms with Crippen molar-refractivity contribution in [1.29, 1.82) is 0 Å². The van der Waals surface area contributed by atoms with Gasteiger partial charge in [0.05, 0.1) is 12.2 Å². The summed E-state index contributed by atoms with van der Waals surface area (Å²) in [7, 11) is -3.47. The minimum absolute atomic E-state index is 0.0789. The van der Waals surface area contributed by atoms with E-state index in [2.05, 4.69) is 41.7 Å². The molecule has 0 aromatic heterocycles. The minimum atomic E-state index is -3.47. The van der Waals surface area contributed by atoms with Crippen LogP contribution in [0, 0.1) is 6.92 Å². The number of rotatable bonds is 7. The van der Waals surface area contributed by atoms with Crippen LogP contribution in [0.1, 0.15) is 26.3 Å². The second-order valence-electron chi connectivity index (χ2n) is 6.39. The first-order chi connectivity index (χ1) is 11.3. The lowest BCUT2D eigenvalue weighted by molar-refractivity contribution is -0.0443. The molecule has 2 atom stereocenters. The van der Waals surface area contributed by atoms with E-state index < -0.39 is 10.2 Å². The molecule has 0 aliphatic carbocycles. The zero-order valence-electron chi connectivity index (χ0n) is 15.0. The van der Waals surface area contributed by atoms with Gasteiger partial charge in [-0.25, -0.2) is 4.72 Å². The van der Waals surface area contributed by atoms with E-state index in [-0.39, 0.29) is 12.2 Å². The number of morpholine rings is 1. The van der Waals surface area contributed by atoms with Crippen LogP contribution in [0.5, 0.6) is 0 Å². The fraction of sp³-hybridized carbons (Fsp3) is 0.647. The number of benzene rings is 1. The Morgan fingerprint density at radius 3 is 2.54 bits per heavy atom. The van der Waals surface area contributed by atoms with Crippen LogP contribution in [-0.2, 0) is 14.9 Å². The average Bonchev–Trinajstić information content (AvgIpc) is 2.50. The molecule has 1 aromatic carbocycles. The Balaban J connectivity index is 1.91. The standard InChI is InChI=1S/C17H29N3O3S/c1-5-19(17-8-6-7-14(2)11-17)10-9-18-24(21,22)20-12-15(3)23-16(4)13-20/h6-8,11,15-16,18H,5,9-10,12-13H2,1-4H3/t15-,16-/m0/s1. The molecular weight excluding hydrogens is 326 g/mol. The third-order valence-electron chi connectivity index (χ3n) is 4.14. The Morgan fingerprint density at radius 2 is 1.96 bits per heavy atom. The lowest BCUT2D eigenvalue weighted by atomic mass is 10.2. The highest BCUT2D eigenvalue weighted by molar-refractivity contribution is 7.87. The molecule has 0 saturated carbocycles. The van der Waals surface area contributed by atoms with Gasteiger partial charge in [-0.2, -0.15) is 12.7 Å². The predicted molar refractivity (Wildman–Crippen MR) is 97.6 cm³/mol. The Morgan fingerprint density at radius 1 is 1.29 bits per heavy atom. The molecule has 0 amide bonds. The van der Waals surface area contributed by atoms with Gasteiger partial charge < -0.3 is 9.64 Å². The molecule has 1 heterocycles. The van der Waals surface area contributed by atoms with E-state index in [1.54, 1.807) is 0 Å². The number of nitrogens with one attached hydrogen (secondary N) is 1. The summed E-state index contributed by atoms with van der Waals surface area (Å²) in [4.78, 5) is 2.17. The monoisotopic (exact) mass is 355 g/mol. The molecule has 1 aliphatic rings. The normalized spacial score (nSPS) is 22.5. The van der Waals surface area contributed by atoms with E-state index in [1.807, 2.05) is 19.9 Å². The maximum atomic E-state index is 12.5. The largest absolute Gasteiger partial charge is 0.373 e. The fourth-order valence-corrected chi connectivity index (χ4v) is 4.37. The Hall–Kier alpha value is -1.15. The SMILES string of the molecule is CCN(CCNS(=O)(=O)N1C[C@H](C)O[C@@H](C)C1)c1cccc(C)c1. The first-order valence-electron chi connectivity index (χ1n) is 8.53. The molecule has 1 N–H and O–H groups in total. The van der Waals surface area contributed by atoms with Crippen molar-refractivity contribution < 1.29 is 13.2 Å². The number of likely N-dealkylation sites (N-methyl/N-ethyl adjacent to an activating group) is 1. The molecule has 0 radical (unpaired) electrons. The first-order valence-corrected chi connectivity index (χ1v) is 9.97. The molecule has 1 saturated heterocycles. The van der Waals surface area contributed by atoms with Crippen LogP contribution in [0.2, 0.25) is 0 Å². The Bertz CT molecular complexity index is 626. The fourth-order valence-electron chi connectivity index (χ4n) is 3.02. The van der Waals surface area contributed by atoms with Crippen molar-refractivity contribution in [2.45, 2.75) is 39.9 Å². The van der Waals surface area contributed by atoms with Crippen LogP contribution in [-0.4, -0.2) is 57.7 Å². The van der Waals surface area contributed by atoms with Gasteiger partial charge in [-0.1, -0.05) is 12.1 Å². The van der Waals surface area contributed by atoms with Crippen molar-refractivity contribution in [1.82, 2.24) is 9.03 Å². The van der Waals surface area contributed by atoms with Gasteiger partial charge in [-0.3, -0.25) is 0 Å². The van der Waals surface area contributed by atoms with E-state index in [1.165, 1.54) is 9.87 Å². The third kappa shape index (κ3) is 5.17. The smallest absolute Gasteiger partial charge is 0.279 e. The van der Waals surface area contributed by atoms with Crippen molar-refractivity contribution >= 4 is 15.9 Å². The minimum Gasteiger partial charge on any atom is -0.373 e. The zero-order chi connectivity index (χ0) is 17.7. The van der Waals surface area contributed by atoms with Gasteiger partial charge in [-0.05, 0) is 45.4 Å². The van der Waals surface area contributed by atoms with E-state index in [0.717, 1.165) is 12.2 Å². The average molecular weight is 356 g/mol. The number of aryl methyl sites for hydroxylation is 1. The van der Waals surface area contributed by atoms with Crippen molar-refractivity contribution in [3.63, 3.8) is 0 Å². The molecule has 0 bridgehead atoms. The summed E-state index contributed by atoms with van der Waals surface area (Å²) >= 11 is 0. The summed E-state index contributed by atoms with van der Waals surface area (Å²) in [6, 6.07) is 8.24. The highest BCUT2D eigenvalue weighted by atomic mass is 32.2. The van der Waals surface area contributed by atoms with Crippen LogP contribution in [0.25, 0.3) is 0 Å². The van der Waals surface area contributed by atoms with Crippen LogP contribution < -0.4 is 9.62 Å². The molecule has 24 heavy (non-hydrogen) atoms. The Labute approximate surface area is 146 Å². The highest BCUT2D eigenvalue weighted by Crippen LogP contribution is 2.16. The molecule has 2 rings (SSSR count). The molecule has 6 nitrogen and oxygen atoms in total. The van der Waals surface area contributed by atoms with Crippen molar-refractivity contribution in [3.8, 4) is 0 Å². The predicted octanol–water partition coefficient (Wildman–Crippen LogP) is 1.76. The maximum absolute atomic E-state index is 12.5. The van der Waals surface area contributed by atoms with Crippen LogP contribution in [0.4, 0.5) is 5.69 Å². The summed E-state index contributed by atoms with van der Waals surface area (Å²) in [6.45, 7) is 10.6. The van der Waals surface area contributed by atoms with Gasteiger partial charge in [0.15, 0.2) is 0 Å². The number of anilines is 1. The van der Waals surface area contributed by atoms with Crippen LogP contribution in [0.15, 0.2) is 24.3 Å². The number of ether oxygens (including phenoxy) is 1. The molecule has 1 aromatic rings. The topological polar surface area (TPSA) is 61.9 Å². The Kier molecular flexibility index (Phi) is 6.62. The first kappa shape index (κ1) is 19.2. The van der Waals surface area contributed by atoms with Crippen molar-refractivity contribution in [2.75, 3.05) is 37.6 Å². The van der Waals surface area contributed by atoms with Gasteiger partial charge in [0, 0.05) is 38.4 Å². The van der Waals surface area contributed by atoms with Crippen molar-refractivity contribution in [2.24, 2.45) is 0 Å². The highest BCUT2D eigenvalue weighted by Gasteiger charge is 2.30. The van der Waals surface area contributed by atoms with Gasteiger partial charge >= 0.3 is 0 Å². The maximum Gasteiger partial charge on any atom is 0.279 e. The number of hydrogen-bond acceptors (Lipinski definition) is 4. The number of hydrogen-bond donors (Lipinski definition) is 1. The molecule has 0 spiro atoms. The van der Waals surface area contributed by atoms with Gasteiger partial charge in [0.2, 0.25) is 0 Å². The van der Waals surface area contributed by atoms with E-state index >= 15 is 0 Å². The quantitative estimate of drug-likeness (QED) is 0.810. The summed E-state index contributed by atoms with van der Waals surface area (Å²) in [5.41, 5.74) is 2.31. The van der Waals surface area contributed by atoms with Crippen LogP contribution >= 0.6 is 0 Å². The van der Waals surface area contributed by atoms with Gasteiger partial charge in [-0.15, -0.1) is 0 Å². The second-order valence-corrected chi connectivity index (χ2v) is 8.15. The molecular formula is C17H29N3O3S. The zero-order valence-corrected chi connectivity index (χ0v) is 15.8. The number of nitrogens with zero attached hydrogens (tertiary/aromatic N) is 2. The molecule has 7 heteroatoms. The summed E-state index contributed by atoms with van der Waals surface area (Å²) < 4.78 is 34.8. The third-order valence-corrected chi connectivity index (χ3v) is 5.69. The molecule has 0 unspecified atom stereocenters. The van der Waals surface area contributed by atoms with Crippen LogP contribution in [0.3, 0.4) is 0 Å². The van der Waals surface area contributed by atoms with E-state index in [9.17, 15) is 8.42 Å². The summed E-state index contributed by atoms with van der Waals surface area (Å²) in [5.74, 6) is 0. The lowest BCUT2D eigenvalue weighted by Crippen LogP contribution is -2.52. The summed E-state index contributed by atoms with van der Waals surface area (Å²) in [6.07, 6.45) is -0.158. The van der Waals surface area contributed by atoms with Gasteiger partial charge in [0.1, 0.15) is 0 Å². The second kappa shape index (κ2) is 8.29. The molecule has 1 aliphatic heterocycles. The van der Waals surface area contributed by atoms with Crippen molar-refractivity contribution in [3.05, 3.63) is 29.8 Å². The molecule has 136 valence electrons. The molecule has 1 fully saturated rings.